The molecular weight excluding hydrogens is 242 g/mol. The summed E-state index contributed by atoms with van der Waals surface area (Å²) >= 11 is 0. The molecule has 0 saturated heterocycles. The van der Waals surface area contributed by atoms with E-state index in [0.29, 0.717) is 0 Å². The highest BCUT2D eigenvalue weighted by Crippen LogP contribution is 2.05. The van der Waals surface area contributed by atoms with E-state index in [2.05, 4.69) is 10.2 Å². The lowest BCUT2D eigenvalue weighted by atomic mass is 10.6. The predicted molar refractivity (Wildman–Crippen MR) is 52.1 cm³/mol. The molecule has 1 aromatic rings. The number of nitrogens with two attached hydrogens (primary N) is 1. The summed E-state index contributed by atoms with van der Waals surface area (Å²) in [6.45, 7) is 0. The van der Waals surface area contributed by atoms with Crippen molar-refractivity contribution in [2.24, 2.45) is 5.14 Å². The van der Waals surface area contributed by atoms with Gasteiger partial charge in [0.25, 0.3) is 0 Å². The van der Waals surface area contributed by atoms with Crippen LogP contribution in [0.4, 0.5) is 0 Å². The summed E-state index contributed by atoms with van der Waals surface area (Å²) in [5.41, 5.74) is 0. The molecule has 2 N–H and O–H groups in total. The first kappa shape index (κ1) is 12.0. The highest BCUT2D eigenvalue weighted by Gasteiger charge is 2.18. The number of aromatic nitrogens is 2. The molecule has 0 unspecified atom stereocenters. The summed E-state index contributed by atoms with van der Waals surface area (Å²) in [6, 6.07) is 2.64. The smallest absolute Gasteiger partial charge is 0.210 e. The first-order chi connectivity index (χ1) is 6.81. The van der Waals surface area contributed by atoms with Gasteiger partial charge in [0.1, 0.15) is 0 Å². The van der Waals surface area contributed by atoms with E-state index in [9.17, 15) is 16.8 Å². The van der Waals surface area contributed by atoms with Crippen LogP contribution in [0.2, 0.25) is 0 Å². The van der Waals surface area contributed by atoms with E-state index >= 15 is 0 Å². The summed E-state index contributed by atoms with van der Waals surface area (Å²) in [6.07, 6.45) is 1.32. The van der Waals surface area contributed by atoms with E-state index in [4.69, 9.17) is 5.14 Å². The molecule has 1 heterocycles. The van der Waals surface area contributed by atoms with Crippen molar-refractivity contribution >= 4 is 19.9 Å². The van der Waals surface area contributed by atoms with Gasteiger partial charge >= 0.3 is 0 Å². The van der Waals surface area contributed by atoms with Gasteiger partial charge in [-0.2, -0.15) is 5.10 Å². The molecule has 0 aliphatic rings. The number of rotatable bonds is 4. The average molecular weight is 251 g/mol. The molecule has 0 aliphatic heterocycles. The molecule has 15 heavy (non-hydrogen) atoms. The van der Waals surface area contributed by atoms with Gasteiger partial charge in [-0.3, -0.25) is 0 Å². The van der Waals surface area contributed by atoms with Crippen LogP contribution in [0.1, 0.15) is 0 Å². The van der Waals surface area contributed by atoms with Crippen molar-refractivity contribution in [3.05, 3.63) is 18.3 Å². The Morgan fingerprint density at radius 1 is 1.20 bits per heavy atom. The normalized spacial score (nSPS) is 12.6. The lowest BCUT2D eigenvalue weighted by Crippen LogP contribution is -2.23. The molecule has 0 bridgehead atoms. The van der Waals surface area contributed by atoms with Gasteiger partial charge in [-0.1, -0.05) is 0 Å². The molecule has 1 aromatic heterocycles. The second-order valence-electron chi connectivity index (χ2n) is 2.75. The Morgan fingerprint density at radius 3 is 2.33 bits per heavy atom. The predicted octanol–water partition coefficient (Wildman–Crippen LogP) is -1.46. The largest absolute Gasteiger partial charge is 0.229 e. The number of primary sulfonamides is 1. The lowest BCUT2D eigenvalue weighted by Gasteiger charge is -2.00. The second-order valence-corrected chi connectivity index (χ2v) is 6.54. The van der Waals surface area contributed by atoms with Crippen molar-refractivity contribution in [3.63, 3.8) is 0 Å². The molecule has 0 aromatic carbocycles. The zero-order valence-electron chi connectivity index (χ0n) is 7.57. The minimum absolute atomic E-state index is 0.256. The highest BCUT2D eigenvalue weighted by atomic mass is 32.2. The molecule has 7 nitrogen and oxygen atoms in total. The zero-order chi connectivity index (χ0) is 11.5. The van der Waals surface area contributed by atoms with Gasteiger partial charge in [0, 0.05) is 6.20 Å². The monoisotopic (exact) mass is 251 g/mol. The van der Waals surface area contributed by atoms with E-state index in [1.165, 1.54) is 18.3 Å². The number of nitrogens with zero attached hydrogens (tertiary/aromatic N) is 2. The first-order valence-electron chi connectivity index (χ1n) is 3.82. The Labute approximate surface area is 87.3 Å². The molecule has 0 spiro atoms. The molecular formula is C6H9N3O4S2. The summed E-state index contributed by atoms with van der Waals surface area (Å²) in [5, 5.41) is 11.2. The lowest BCUT2D eigenvalue weighted by molar-refractivity contribution is 0.584. The number of hydrogen-bond donors (Lipinski definition) is 1. The Hall–Kier alpha value is -1.06. The van der Waals surface area contributed by atoms with Crippen LogP contribution in [0, 0.1) is 0 Å². The molecule has 0 atom stereocenters. The summed E-state index contributed by atoms with van der Waals surface area (Å²) < 4.78 is 44.1. The van der Waals surface area contributed by atoms with E-state index in [-0.39, 0.29) is 5.03 Å². The third-order valence-electron chi connectivity index (χ3n) is 1.50. The van der Waals surface area contributed by atoms with Crippen LogP contribution in [0.3, 0.4) is 0 Å². The van der Waals surface area contributed by atoms with E-state index in [0.717, 1.165) is 0 Å². The third-order valence-corrected chi connectivity index (χ3v) is 4.13. The topological polar surface area (TPSA) is 120 Å². The summed E-state index contributed by atoms with van der Waals surface area (Å²) in [4.78, 5) is 0. The maximum atomic E-state index is 11.5. The van der Waals surface area contributed by atoms with Crippen LogP contribution < -0.4 is 5.14 Å². The molecule has 84 valence electrons. The van der Waals surface area contributed by atoms with Crippen LogP contribution in [0.25, 0.3) is 0 Å². The van der Waals surface area contributed by atoms with Crippen molar-refractivity contribution < 1.29 is 16.8 Å². The number of hydrogen-bond acceptors (Lipinski definition) is 6. The van der Waals surface area contributed by atoms with Gasteiger partial charge in [-0.05, 0) is 12.1 Å². The minimum atomic E-state index is -3.79. The maximum absolute atomic E-state index is 11.5. The third kappa shape index (κ3) is 3.90. The van der Waals surface area contributed by atoms with E-state index in [1.54, 1.807) is 0 Å². The molecule has 0 fully saturated rings. The van der Waals surface area contributed by atoms with Crippen LogP contribution in [0.5, 0.6) is 0 Å². The fourth-order valence-corrected chi connectivity index (χ4v) is 3.26. The number of sulfone groups is 1. The second kappa shape index (κ2) is 4.21. The fraction of sp³-hybridized carbons (Fsp3) is 0.333. The van der Waals surface area contributed by atoms with Gasteiger partial charge in [0.15, 0.2) is 14.9 Å². The molecule has 0 saturated carbocycles. The first-order valence-corrected chi connectivity index (χ1v) is 7.19. The Kier molecular flexibility index (Phi) is 3.37. The minimum Gasteiger partial charge on any atom is -0.229 e. The van der Waals surface area contributed by atoms with Crippen molar-refractivity contribution in [2.45, 2.75) is 5.03 Å². The van der Waals surface area contributed by atoms with E-state index in [1.807, 2.05) is 0 Å². The quantitative estimate of drug-likeness (QED) is 0.698. The Morgan fingerprint density at radius 2 is 1.87 bits per heavy atom. The molecule has 9 heteroatoms. The van der Waals surface area contributed by atoms with Gasteiger partial charge in [-0.15, -0.1) is 5.10 Å². The van der Waals surface area contributed by atoms with Crippen LogP contribution >= 0.6 is 0 Å². The van der Waals surface area contributed by atoms with Gasteiger partial charge in [-0.25, -0.2) is 22.0 Å². The molecule has 0 amide bonds. The van der Waals surface area contributed by atoms with Crippen LogP contribution in [-0.4, -0.2) is 38.5 Å². The van der Waals surface area contributed by atoms with Crippen molar-refractivity contribution in [1.82, 2.24) is 10.2 Å². The van der Waals surface area contributed by atoms with Crippen molar-refractivity contribution in [1.29, 1.82) is 0 Å². The molecule has 0 radical (unpaired) electrons. The average Bonchev–Trinajstić information content (AvgIpc) is 2.16. The zero-order valence-corrected chi connectivity index (χ0v) is 9.20. The molecule has 1 rings (SSSR count). The Balaban J connectivity index is 2.87. The summed E-state index contributed by atoms with van der Waals surface area (Å²) in [5.74, 6) is -1.23. The SMILES string of the molecule is NS(=O)(=O)CCS(=O)(=O)c1cccnn1. The van der Waals surface area contributed by atoms with Crippen LogP contribution in [0.15, 0.2) is 23.4 Å². The standard InChI is InChI=1S/C6H9N3O4S2/c7-15(12,13)5-4-14(10,11)6-2-1-3-8-9-6/h1-3H,4-5H2,(H2,7,12,13). The Bertz CT molecular complexity index is 523. The van der Waals surface area contributed by atoms with Crippen LogP contribution in [-0.2, 0) is 19.9 Å². The highest BCUT2D eigenvalue weighted by molar-refractivity contribution is 7.94. The van der Waals surface area contributed by atoms with Gasteiger partial charge in [0.05, 0.1) is 11.5 Å². The van der Waals surface area contributed by atoms with Crippen molar-refractivity contribution in [2.75, 3.05) is 11.5 Å². The maximum Gasteiger partial charge on any atom is 0.210 e. The van der Waals surface area contributed by atoms with Gasteiger partial charge < -0.3 is 0 Å². The van der Waals surface area contributed by atoms with E-state index < -0.39 is 31.4 Å². The molecule has 0 aliphatic carbocycles. The van der Waals surface area contributed by atoms with Crippen molar-refractivity contribution in [3.8, 4) is 0 Å². The fourth-order valence-electron chi connectivity index (χ4n) is 0.784. The number of sulfonamides is 1. The summed E-state index contributed by atoms with van der Waals surface area (Å²) in [7, 11) is -7.52. The van der Waals surface area contributed by atoms with Gasteiger partial charge in [0.2, 0.25) is 10.0 Å².